The van der Waals surface area contributed by atoms with Crippen molar-refractivity contribution in [2.24, 2.45) is 0 Å². The molecule has 2 N–H and O–H groups in total. The van der Waals surface area contributed by atoms with Crippen LogP contribution in [0.1, 0.15) is 47.7 Å². The Hall–Kier alpha value is -2.76. The molecule has 6 nitrogen and oxygen atoms in total. The van der Waals surface area contributed by atoms with Gasteiger partial charge in [0, 0.05) is 19.0 Å². The van der Waals surface area contributed by atoms with Crippen molar-refractivity contribution in [1.29, 1.82) is 0 Å². The third-order valence-corrected chi connectivity index (χ3v) is 3.67. The number of nitrogens with one attached hydrogen (secondary N) is 2. The van der Waals surface area contributed by atoms with Crippen molar-refractivity contribution in [3.8, 4) is 5.75 Å². The van der Waals surface area contributed by atoms with E-state index in [0.29, 0.717) is 5.76 Å². The summed E-state index contributed by atoms with van der Waals surface area (Å²) in [5.74, 6) is 1.11. The van der Waals surface area contributed by atoms with Crippen molar-refractivity contribution in [3.63, 3.8) is 0 Å². The minimum absolute atomic E-state index is 0.0861. The Morgan fingerprint density at radius 3 is 2.62 bits per heavy atom. The Morgan fingerprint density at radius 2 is 1.92 bits per heavy atom. The first-order chi connectivity index (χ1) is 12.3. The molecule has 140 valence electrons. The molecule has 0 aliphatic carbocycles. The standard InChI is InChI=1S/C20H26N2O4/c1-13(2)22-19(23)9-10-21-20(24)18-8-6-16(26-18)12-25-17-7-5-14(3)11-15(17)4/h5-8,11,13H,9-10,12H2,1-4H3,(H,21,24)(H,22,23). The topological polar surface area (TPSA) is 80.6 Å². The molecule has 1 aromatic carbocycles. The molecule has 26 heavy (non-hydrogen) atoms. The second-order valence-corrected chi connectivity index (χ2v) is 6.55. The van der Waals surface area contributed by atoms with Crippen LogP contribution in [0, 0.1) is 13.8 Å². The largest absolute Gasteiger partial charge is 0.485 e. The van der Waals surface area contributed by atoms with Gasteiger partial charge in [0.15, 0.2) is 5.76 Å². The van der Waals surface area contributed by atoms with E-state index in [2.05, 4.69) is 10.6 Å². The van der Waals surface area contributed by atoms with Crippen molar-refractivity contribution >= 4 is 11.8 Å². The highest BCUT2D eigenvalue weighted by atomic mass is 16.5. The van der Waals surface area contributed by atoms with Crippen LogP contribution < -0.4 is 15.4 Å². The van der Waals surface area contributed by atoms with Crippen LogP contribution in [0.15, 0.2) is 34.7 Å². The van der Waals surface area contributed by atoms with Gasteiger partial charge in [0.2, 0.25) is 5.91 Å². The van der Waals surface area contributed by atoms with Crippen molar-refractivity contribution in [2.45, 2.75) is 46.8 Å². The number of benzene rings is 1. The molecule has 0 radical (unpaired) electrons. The zero-order valence-electron chi connectivity index (χ0n) is 15.7. The molecule has 0 saturated heterocycles. The number of hydrogen-bond acceptors (Lipinski definition) is 4. The number of amides is 2. The molecule has 0 atom stereocenters. The Kier molecular flexibility index (Phi) is 6.83. The maximum absolute atomic E-state index is 12.1. The monoisotopic (exact) mass is 358 g/mol. The number of carbonyl (C=O) groups excluding carboxylic acids is 2. The lowest BCUT2D eigenvalue weighted by Crippen LogP contribution is -2.34. The summed E-state index contributed by atoms with van der Waals surface area (Å²) in [6, 6.07) is 9.35. The van der Waals surface area contributed by atoms with Crippen LogP contribution in [0.25, 0.3) is 0 Å². The highest BCUT2D eigenvalue weighted by molar-refractivity contribution is 5.91. The maximum Gasteiger partial charge on any atom is 0.287 e. The third kappa shape index (κ3) is 5.95. The lowest BCUT2D eigenvalue weighted by atomic mass is 10.1. The lowest BCUT2D eigenvalue weighted by Gasteiger charge is -2.09. The van der Waals surface area contributed by atoms with E-state index >= 15 is 0 Å². The van der Waals surface area contributed by atoms with E-state index in [4.69, 9.17) is 9.15 Å². The molecule has 0 aliphatic heterocycles. The van der Waals surface area contributed by atoms with Crippen molar-refractivity contribution in [3.05, 3.63) is 53.0 Å². The summed E-state index contributed by atoms with van der Waals surface area (Å²) >= 11 is 0. The summed E-state index contributed by atoms with van der Waals surface area (Å²) in [4.78, 5) is 23.6. The van der Waals surface area contributed by atoms with Gasteiger partial charge in [0.25, 0.3) is 5.91 Å². The van der Waals surface area contributed by atoms with Gasteiger partial charge in [0.1, 0.15) is 18.1 Å². The van der Waals surface area contributed by atoms with Crippen LogP contribution in [0.5, 0.6) is 5.75 Å². The first-order valence-electron chi connectivity index (χ1n) is 8.71. The van der Waals surface area contributed by atoms with E-state index in [9.17, 15) is 9.59 Å². The molecule has 1 heterocycles. The van der Waals surface area contributed by atoms with E-state index in [1.807, 2.05) is 45.9 Å². The highest BCUT2D eigenvalue weighted by Gasteiger charge is 2.12. The van der Waals surface area contributed by atoms with Crippen molar-refractivity contribution < 1.29 is 18.7 Å². The first-order valence-corrected chi connectivity index (χ1v) is 8.71. The average molecular weight is 358 g/mol. The Morgan fingerprint density at radius 1 is 1.15 bits per heavy atom. The summed E-state index contributed by atoms with van der Waals surface area (Å²) < 4.78 is 11.3. The predicted octanol–water partition coefficient (Wildman–Crippen LogP) is 3.12. The minimum Gasteiger partial charge on any atom is -0.485 e. The molecular formula is C20H26N2O4. The quantitative estimate of drug-likeness (QED) is 0.760. The SMILES string of the molecule is Cc1ccc(OCc2ccc(C(=O)NCCC(=O)NC(C)C)o2)c(C)c1. The van der Waals surface area contributed by atoms with Crippen molar-refractivity contribution in [1.82, 2.24) is 10.6 Å². The molecule has 6 heteroatoms. The predicted molar refractivity (Wildman–Crippen MR) is 99.2 cm³/mol. The molecule has 2 rings (SSSR count). The second-order valence-electron chi connectivity index (χ2n) is 6.55. The molecule has 0 saturated carbocycles. The van der Waals surface area contributed by atoms with E-state index in [1.54, 1.807) is 12.1 Å². The molecule has 2 amide bonds. The van der Waals surface area contributed by atoms with Crippen LogP contribution in [0.2, 0.25) is 0 Å². The van der Waals surface area contributed by atoms with E-state index < -0.39 is 0 Å². The highest BCUT2D eigenvalue weighted by Crippen LogP contribution is 2.20. The average Bonchev–Trinajstić information content (AvgIpc) is 3.02. The molecule has 0 aliphatic rings. The van der Waals surface area contributed by atoms with Crippen molar-refractivity contribution in [2.75, 3.05) is 6.54 Å². The Labute approximate surface area is 153 Å². The number of carbonyl (C=O) groups is 2. The van der Waals surface area contributed by atoms with Gasteiger partial charge < -0.3 is 19.8 Å². The zero-order valence-corrected chi connectivity index (χ0v) is 15.7. The van der Waals surface area contributed by atoms with Gasteiger partial charge in [-0.05, 0) is 51.5 Å². The molecule has 0 fully saturated rings. The van der Waals surface area contributed by atoms with E-state index in [0.717, 1.165) is 11.3 Å². The fourth-order valence-corrected chi connectivity index (χ4v) is 2.46. The zero-order chi connectivity index (χ0) is 19.1. The molecule has 0 bridgehead atoms. The van der Waals surface area contributed by atoms with Gasteiger partial charge in [-0.15, -0.1) is 0 Å². The molecular weight excluding hydrogens is 332 g/mol. The number of rotatable bonds is 8. The fraction of sp³-hybridized carbons (Fsp3) is 0.400. The number of aryl methyl sites for hydroxylation is 2. The number of ether oxygens (including phenoxy) is 1. The fourth-order valence-electron chi connectivity index (χ4n) is 2.46. The van der Waals surface area contributed by atoms with Crippen LogP contribution in [-0.2, 0) is 11.4 Å². The van der Waals surface area contributed by atoms with Crippen LogP contribution in [-0.4, -0.2) is 24.4 Å². The Bertz CT molecular complexity index is 765. The van der Waals surface area contributed by atoms with Crippen LogP contribution in [0.4, 0.5) is 0 Å². The molecule has 2 aromatic rings. The van der Waals surface area contributed by atoms with Gasteiger partial charge in [-0.2, -0.15) is 0 Å². The summed E-state index contributed by atoms with van der Waals surface area (Å²) in [6.07, 6.45) is 0.229. The third-order valence-electron chi connectivity index (χ3n) is 3.67. The summed E-state index contributed by atoms with van der Waals surface area (Å²) in [6.45, 7) is 8.29. The molecule has 1 aromatic heterocycles. The summed E-state index contributed by atoms with van der Waals surface area (Å²) in [5.41, 5.74) is 2.23. The van der Waals surface area contributed by atoms with E-state index in [1.165, 1.54) is 5.56 Å². The number of hydrogen-bond donors (Lipinski definition) is 2. The van der Waals surface area contributed by atoms with Crippen LogP contribution in [0.3, 0.4) is 0 Å². The molecule has 0 unspecified atom stereocenters. The Balaban J connectivity index is 1.81. The first kappa shape index (κ1) is 19.6. The minimum atomic E-state index is -0.347. The molecule has 0 spiro atoms. The van der Waals surface area contributed by atoms with Gasteiger partial charge >= 0.3 is 0 Å². The number of furan rings is 1. The maximum atomic E-state index is 12.1. The van der Waals surface area contributed by atoms with Gasteiger partial charge in [-0.1, -0.05) is 17.7 Å². The van der Waals surface area contributed by atoms with E-state index in [-0.39, 0.29) is 43.2 Å². The summed E-state index contributed by atoms with van der Waals surface area (Å²) in [7, 11) is 0. The van der Waals surface area contributed by atoms with Crippen LogP contribution >= 0.6 is 0 Å². The van der Waals surface area contributed by atoms with Gasteiger partial charge in [0.05, 0.1) is 0 Å². The van der Waals surface area contributed by atoms with Gasteiger partial charge in [-0.3, -0.25) is 9.59 Å². The van der Waals surface area contributed by atoms with Gasteiger partial charge in [-0.25, -0.2) is 0 Å². The normalized spacial score (nSPS) is 10.7. The summed E-state index contributed by atoms with van der Waals surface area (Å²) in [5, 5.41) is 5.44. The lowest BCUT2D eigenvalue weighted by molar-refractivity contribution is -0.121. The second kappa shape index (κ2) is 9.08. The smallest absolute Gasteiger partial charge is 0.287 e.